The van der Waals surface area contributed by atoms with Crippen molar-refractivity contribution in [1.29, 1.82) is 0 Å². The number of anilines is 1. The fraction of sp³-hybridized carbons (Fsp3) is 0.391. The van der Waals surface area contributed by atoms with Gasteiger partial charge < -0.3 is 10.1 Å². The molecule has 0 spiro atoms. The number of amides is 3. The molecule has 2 heterocycles. The summed E-state index contributed by atoms with van der Waals surface area (Å²) in [5.74, 6) is 0.704. The summed E-state index contributed by atoms with van der Waals surface area (Å²) in [4.78, 5) is 44.4. The third kappa shape index (κ3) is 2.32. The molecule has 5 aliphatic rings. The van der Waals surface area contributed by atoms with Crippen molar-refractivity contribution in [1.82, 2.24) is 9.88 Å². The van der Waals surface area contributed by atoms with Gasteiger partial charge in [-0.15, -0.1) is 0 Å². The van der Waals surface area contributed by atoms with E-state index in [-0.39, 0.29) is 42.0 Å². The average molecular weight is 403 g/mol. The molecule has 3 fully saturated rings. The Kier molecular flexibility index (Phi) is 3.61. The Labute approximate surface area is 173 Å². The first-order valence-corrected chi connectivity index (χ1v) is 10.3. The van der Waals surface area contributed by atoms with Crippen LogP contribution in [-0.4, -0.2) is 41.3 Å². The van der Waals surface area contributed by atoms with Gasteiger partial charge >= 0.3 is 0 Å². The third-order valence-corrected chi connectivity index (χ3v) is 7.28. The summed E-state index contributed by atoms with van der Waals surface area (Å²) in [5.41, 5.74) is 1.12. The van der Waals surface area contributed by atoms with Gasteiger partial charge in [-0.05, 0) is 48.3 Å². The maximum atomic E-state index is 13.1. The minimum absolute atomic E-state index is 0.157. The van der Waals surface area contributed by atoms with Gasteiger partial charge in [0.2, 0.25) is 17.7 Å². The molecule has 1 aromatic heterocycles. The number of pyridine rings is 1. The lowest BCUT2D eigenvalue weighted by atomic mass is 9.63. The Morgan fingerprint density at radius 3 is 2.50 bits per heavy atom. The number of nitrogens with one attached hydrogen (secondary N) is 1. The molecule has 30 heavy (non-hydrogen) atoms. The summed E-state index contributed by atoms with van der Waals surface area (Å²) in [7, 11) is 1.58. The van der Waals surface area contributed by atoms with Gasteiger partial charge in [-0.2, -0.15) is 0 Å². The topological polar surface area (TPSA) is 88.6 Å². The molecule has 7 nitrogen and oxygen atoms in total. The van der Waals surface area contributed by atoms with Crippen LogP contribution in [0.25, 0.3) is 10.9 Å². The number of aromatic nitrogens is 1. The van der Waals surface area contributed by atoms with Crippen LogP contribution in [0.2, 0.25) is 0 Å². The number of benzene rings is 1. The number of hydrogen-bond donors (Lipinski definition) is 1. The first-order valence-electron chi connectivity index (χ1n) is 10.3. The predicted octanol–water partition coefficient (Wildman–Crippen LogP) is 2.24. The average Bonchev–Trinajstić information content (AvgIpc) is 3.54. The van der Waals surface area contributed by atoms with Crippen LogP contribution in [-0.2, 0) is 14.4 Å². The fourth-order valence-corrected chi connectivity index (χ4v) is 5.94. The minimum atomic E-state index is -0.405. The molecular formula is C23H21N3O4. The zero-order valence-corrected chi connectivity index (χ0v) is 16.4. The van der Waals surface area contributed by atoms with Gasteiger partial charge in [0.25, 0.3) is 0 Å². The second-order valence-corrected chi connectivity index (χ2v) is 8.68. The number of hydrogen-bond acceptors (Lipinski definition) is 5. The number of methoxy groups -OCH3 is 1. The number of nitrogens with zero attached hydrogens (tertiary/aromatic N) is 2. The van der Waals surface area contributed by atoms with Gasteiger partial charge in [0.05, 0.1) is 30.1 Å². The lowest BCUT2D eigenvalue weighted by molar-refractivity contribution is -0.142. The predicted molar refractivity (Wildman–Crippen MR) is 108 cm³/mol. The Balaban J connectivity index is 1.23. The smallest absolute Gasteiger partial charge is 0.244 e. The lowest BCUT2D eigenvalue weighted by Crippen LogP contribution is -2.40. The van der Waals surface area contributed by atoms with Crippen molar-refractivity contribution in [3.63, 3.8) is 0 Å². The number of rotatable bonds is 4. The molecule has 0 radical (unpaired) electrons. The lowest BCUT2D eigenvalue weighted by Gasteiger charge is -2.37. The standard InChI is InChI=1S/C23H21N3O4/c1-30-17-7-8-24-21-13(17)3-2-4-16(21)25-18(27)10-26-22(28)19-11-5-6-12(15-9-14(11)15)20(19)23(26)29/h2-8,11-12,14-15,19-20H,9-10H2,1H3,(H,25,27)/t11-,12+,14-,15-,19+,20+/m1/s1. The van der Waals surface area contributed by atoms with Gasteiger partial charge in [0.15, 0.2) is 0 Å². The van der Waals surface area contributed by atoms with E-state index in [0.29, 0.717) is 28.8 Å². The van der Waals surface area contributed by atoms with Crippen LogP contribution in [0.4, 0.5) is 5.69 Å². The first kappa shape index (κ1) is 17.6. The largest absolute Gasteiger partial charge is 0.496 e. The van der Waals surface area contributed by atoms with Gasteiger partial charge in [0.1, 0.15) is 12.3 Å². The SMILES string of the molecule is COc1ccnc2c(NC(=O)CN3C(=O)[C@H]4[C@@H]5C=C[C@@H]([C@H]6C[C@H]56)[C@@H]4C3=O)cccc12. The second-order valence-electron chi connectivity index (χ2n) is 8.68. The highest BCUT2D eigenvalue weighted by Crippen LogP contribution is 2.65. The summed E-state index contributed by atoms with van der Waals surface area (Å²) in [6.07, 6.45) is 6.99. The van der Waals surface area contributed by atoms with Gasteiger partial charge in [-0.1, -0.05) is 18.2 Å². The van der Waals surface area contributed by atoms with E-state index in [1.807, 2.05) is 6.07 Å². The van der Waals surface area contributed by atoms with Crippen molar-refractivity contribution >= 4 is 34.3 Å². The number of carbonyl (C=O) groups is 3. The number of fused-ring (bicyclic) bond motifs is 1. The Hall–Kier alpha value is -3.22. The number of carbonyl (C=O) groups excluding carboxylic acids is 3. The number of imide groups is 1. The van der Waals surface area contributed by atoms with E-state index in [1.165, 1.54) is 4.90 Å². The molecule has 2 saturated carbocycles. The van der Waals surface area contributed by atoms with Crippen molar-refractivity contribution in [2.24, 2.45) is 35.5 Å². The molecular weight excluding hydrogens is 382 g/mol. The highest BCUT2D eigenvalue weighted by Gasteiger charge is 2.67. The maximum absolute atomic E-state index is 13.1. The summed E-state index contributed by atoms with van der Waals surface area (Å²) >= 11 is 0. The molecule has 6 atom stereocenters. The number of para-hydroxylation sites is 1. The number of allylic oxidation sites excluding steroid dienone is 2. The van der Waals surface area contributed by atoms with Crippen LogP contribution in [0.3, 0.4) is 0 Å². The van der Waals surface area contributed by atoms with E-state index in [0.717, 1.165) is 11.8 Å². The summed E-state index contributed by atoms with van der Waals surface area (Å²) in [6.45, 7) is -0.264. The molecule has 2 aromatic rings. The molecule has 7 heteroatoms. The summed E-state index contributed by atoms with van der Waals surface area (Å²) < 4.78 is 5.36. The normalized spacial score (nSPS) is 32.9. The summed E-state index contributed by atoms with van der Waals surface area (Å²) in [6, 6.07) is 7.17. The molecule has 1 saturated heterocycles. The molecule has 1 aliphatic heterocycles. The van der Waals surface area contributed by atoms with Crippen LogP contribution >= 0.6 is 0 Å². The second kappa shape index (κ2) is 6.14. The van der Waals surface area contributed by atoms with Crippen LogP contribution < -0.4 is 10.1 Å². The third-order valence-electron chi connectivity index (χ3n) is 7.28. The van der Waals surface area contributed by atoms with Crippen molar-refractivity contribution in [2.75, 3.05) is 19.0 Å². The zero-order chi connectivity index (χ0) is 20.6. The van der Waals surface area contributed by atoms with Gasteiger partial charge in [-0.25, -0.2) is 0 Å². The van der Waals surface area contributed by atoms with E-state index in [9.17, 15) is 14.4 Å². The Morgan fingerprint density at radius 2 is 1.83 bits per heavy atom. The molecule has 0 unspecified atom stereocenters. The van der Waals surface area contributed by atoms with Crippen molar-refractivity contribution in [2.45, 2.75) is 6.42 Å². The molecule has 1 aromatic carbocycles. The fourth-order valence-electron chi connectivity index (χ4n) is 5.94. The highest BCUT2D eigenvalue weighted by atomic mass is 16.5. The van der Waals surface area contributed by atoms with Gasteiger partial charge in [-0.3, -0.25) is 24.3 Å². The van der Waals surface area contributed by atoms with E-state index < -0.39 is 5.91 Å². The number of ether oxygens (including phenoxy) is 1. The van der Waals surface area contributed by atoms with Crippen molar-refractivity contribution < 1.29 is 19.1 Å². The van der Waals surface area contributed by atoms with E-state index in [1.54, 1.807) is 31.5 Å². The number of likely N-dealkylation sites (tertiary alicyclic amines) is 1. The van der Waals surface area contributed by atoms with E-state index in [4.69, 9.17) is 4.74 Å². The Bertz CT molecular complexity index is 1110. The molecule has 2 bridgehead atoms. The summed E-state index contributed by atoms with van der Waals surface area (Å²) in [5, 5.41) is 3.60. The zero-order valence-electron chi connectivity index (χ0n) is 16.4. The first-order chi connectivity index (χ1) is 14.6. The quantitative estimate of drug-likeness (QED) is 0.625. The highest BCUT2D eigenvalue weighted by molar-refractivity contribution is 6.10. The Morgan fingerprint density at radius 1 is 1.13 bits per heavy atom. The molecule has 7 rings (SSSR count). The van der Waals surface area contributed by atoms with E-state index >= 15 is 0 Å². The maximum Gasteiger partial charge on any atom is 0.244 e. The minimum Gasteiger partial charge on any atom is -0.496 e. The van der Waals surface area contributed by atoms with E-state index in [2.05, 4.69) is 22.5 Å². The molecule has 3 amide bonds. The molecule has 152 valence electrons. The molecule has 1 N–H and O–H groups in total. The van der Waals surface area contributed by atoms with Crippen LogP contribution in [0.15, 0.2) is 42.6 Å². The van der Waals surface area contributed by atoms with Crippen molar-refractivity contribution in [3.8, 4) is 5.75 Å². The van der Waals surface area contributed by atoms with Crippen molar-refractivity contribution in [3.05, 3.63) is 42.6 Å². The van der Waals surface area contributed by atoms with Crippen LogP contribution in [0, 0.1) is 35.5 Å². The monoisotopic (exact) mass is 403 g/mol. The molecule has 4 aliphatic carbocycles. The van der Waals surface area contributed by atoms with Crippen LogP contribution in [0.1, 0.15) is 6.42 Å². The van der Waals surface area contributed by atoms with Gasteiger partial charge in [0, 0.05) is 11.6 Å². The van der Waals surface area contributed by atoms with Crippen LogP contribution in [0.5, 0.6) is 5.75 Å².